The molecule has 0 aromatic heterocycles. The lowest BCUT2D eigenvalue weighted by molar-refractivity contribution is -0.144. The Morgan fingerprint density at radius 1 is 1.44 bits per heavy atom. The molecule has 0 aliphatic carbocycles. The largest absolute Gasteiger partial charge is 0.481 e. The molecule has 2 aliphatic heterocycles. The molecule has 0 aromatic carbocycles. The van der Waals surface area contributed by atoms with Crippen LogP contribution in [0, 0.1) is 0 Å². The first-order chi connectivity index (χ1) is 8.46. The van der Waals surface area contributed by atoms with Crippen LogP contribution in [0.25, 0.3) is 0 Å². The molecule has 2 unspecified atom stereocenters. The van der Waals surface area contributed by atoms with Crippen molar-refractivity contribution < 1.29 is 19.4 Å². The fourth-order valence-corrected chi connectivity index (χ4v) is 2.90. The maximum absolute atomic E-state index is 10.7. The van der Waals surface area contributed by atoms with Gasteiger partial charge in [-0.15, -0.1) is 0 Å². The van der Waals surface area contributed by atoms with Crippen LogP contribution in [0.2, 0.25) is 0 Å². The molecule has 5 heteroatoms. The minimum Gasteiger partial charge on any atom is -0.481 e. The predicted octanol–water partition coefficient (Wildman–Crippen LogP) is 1.12. The number of rotatable bonds is 3. The third kappa shape index (κ3) is 3.67. The molecule has 104 valence electrons. The first-order valence-corrected chi connectivity index (χ1v) is 6.68. The van der Waals surface area contributed by atoms with Gasteiger partial charge in [-0.2, -0.15) is 0 Å². The van der Waals surface area contributed by atoms with Gasteiger partial charge in [-0.25, -0.2) is 0 Å². The van der Waals surface area contributed by atoms with Gasteiger partial charge in [0.1, 0.15) is 0 Å². The van der Waals surface area contributed by atoms with Gasteiger partial charge in [-0.1, -0.05) is 0 Å². The number of aliphatic carboxylic acids is 1. The van der Waals surface area contributed by atoms with Gasteiger partial charge in [0, 0.05) is 25.7 Å². The van der Waals surface area contributed by atoms with Gasteiger partial charge < -0.3 is 14.6 Å². The fourth-order valence-electron chi connectivity index (χ4n) is 2.90. The fraction of sp³-hybridized carbons (Fsp3) is 0.923. The number of nitrogens with zero attached hydrogens (tertiary/aromatic N) is 1. The van der Waals surface area contributed by atoms with Crippen molar-refractivity contribution >= 4 is 5.97 Å². The monoisotopic (exact) mass is 257 g/mol. The van der Waals surface area contributed by atoms with E-state index in [9.17, 15) is 4.79 Å². The summed E-state index contributed by atoms with van der Waals surface area (Å²) in [7, 11) is 0. The molecule has 18 heavy (non-hydrogen) atoms. The summed E-state index contributed by atoms with van der Waals surface area (Å²) in [5.41, 5.74) is -0.0660. The van der Waals surface area contributed by atoms with E-state index in [0.717, 1.165) is 32.5 Å². The van der Waals surface area contributed by atoms with Crippen LogP contribution in [-0.2, 0) is 14.3 Å². The minimum atomic E-state index is -0.783. The summed E-state index contributed by atoms with van der Waals surface area (Å²) >= 11 is 0. The molecule has 2 aliphatic rings. The first kappa shape index (κ1) is 13.8. The van der Waals surface area contributed by atoms with E-state index in [-0.39, 0.29) is 18.1 Å². The van der Waals surface area contributed by atoms with E-state index in [2.05, 4.69) is 18.7 Å². The molecule has 2 atom stereocenters. The molecule has 1 N–H and O–H groups in total. The Balaban J connectivity index is 1.90. The van der Waals surface area contributed by atoms with E-state index in [1.54, 1.807) is 0 Å². The molecule has 0 radical (unpaired) electrons. The standard InChI is InChI=1S/C13H23NO4/c1-13(2)8-10(3-5-18-13)14-4-6-17-11(9-14)7-12(15)16/h10-11H,3-9H2,1-2H3,(H,15,16). The Morgan fingerprint density at radius 3 is 2.89 bits per heavy atom. The lowest BCUT2D eigenvalue weighted by atomic mass is 9.92. The van der Waals surface area contributed by atoms with Crippen LogP contribution in [0.4, 0.5) is 0 Å². The highest BCUT2D eigenvalue weighted by Crippen LogP contribution is 2.28. The van der Waals surface area contributed by atoms with Crippen LogP contribution >= 0.6 is 0 Å². The van der Waals surface area contributed by atoms with E-state index >= 15 is 0 Å². The van der Waals surface area contributed by atoms with E-state index in [4.69, 9.17) is 14.6 Å². The molecule has 2 heterocycles. The average molecular weight is 257 g/mol. The highest BCUT2D eigenvalue weighted by molar-refractivity contribution is 5.67. The molecule has 2 saturated heterocycles. The smallest absolute Gasteiger partial charge is 0.306 e. The van der Waals surface area contributed by atoms with E-state index < -0.39 is 5.97 Å². The second kappa shape index (κ2) is 5.55. The van der Waals surface area contributed by atoms with Crippen LogP contribution in [0.15, 0.2) is 0 Å². The van der Waals surface area contributed by atoms with Gasteiger partial charge in [0.2, 0.25) is 0 Å². The summed E-state index contributed by atoms with van der Waals surface area (Å²) in [6, 6.07) is 0.494. The topological polar surface area (TPSA) is 59.0 Å². The zero-order valence-corrected chi connectivity index (χ0v) is 11.2. The van der Waals surface area contributed by atoms with Crippen molar-refractivity contribution in [3.8, 4) is 0 Å². The van der Waals surface area contributed by atoms with Crippen LogP contribution < -0.4 is 0 Å². The van der Waals surface area contributed by atoms with Gasteiger partial charge in [0.05, 0.1) is 24.7 Å². The zero-order valence-electron chi connectivity index (χ0n) is 11.2. The number of carboxylic acid groups (broad SMARTS) is 1. The molecule has 2 fully saturated rings. The lowest BCUT2D eigenvalue weighted by Gasteiger charge is -2.44. The molecule has 0 bridgehead atoms. The number of ether oxygens (including phenoxy) is 2. The summed E-state index contributed by atoms with van der Waals surface area (Å²) < 4.78 is 11.2. The van der Waals surface area contributed by atoms with Gasteiger partial charge >= 0.3 is 5.97 Å². The number of morpholine rings is 1. The Hall–Kier alpha value is -0.650. The average Bonchev–Trinajstić information content (AvgIpc) is 2.27. The summed E-state index contributed by atoms with van der Waals surface area (Å²) in [5, 5.41) is 8.83. The van der Waals surface area contributed by atoms with Crippen molar-refractivity contribution in [2.45, 2.75) is 50.9 Å². The van der Waals surface area contributed by atoms with Crippen molar-refractivity contribution in [2.24, 2.45) is 0 Å². The normalized spacial score (nSPS) is 33.2. The highest BCUT2D eigenvalue weighted by atomic mass is 16.5. The summed E-state index contributed by atoms with van der Waals surface area (Å²) in [6.07, 6.45) is 1.97. The van der Waals surface area contributed by atoms with E-state index in [1.165, 1.54) is 0 Å². The molecule has 0 saturated carbocycles. The lowest BCUT2D eigenvalue weighted by Crippen LogP contribution is -2.52. The molecule has 5 nitrogen and oxygen atoms in total. The molecular formula is C13H23NO4. The maximum atomic E-state index is 10.7. The van der Waals surface area contributed by atoms with Crippen molar-refractivity contribution in [1.82, 2.24) is 4.90 Å². The zero-order chi connectivity index (χ0) is 13.2. The minimum absolute atomic E-state index is 0.0660. The molecule has 0 spiro atoms. The predicted molar refractivity (Wildman–Crippen MR) is 66.6 cm³/mol. The molecule has 0 aromatic rings. The van der Waals surface area contributed by atoms with Crippen LogP contribution in [0.1, 0.15) is 33.1 Å². The van der Waals surface area contributed by atoms with E-state index in [0.29, 0.717) is 12.6 Å². The Morgan fingerprint density at radius 2 is 2.22 bits per heavy atom. The summed E-state index contributed by atoms with van der Waals surface area (Å²) in [4.78, 5) is 13.1. The number of hydrogen-bond donors (Lipinski definition) is 1. The van der Waals surface area contributed by atoms with Crippen molar-refractivity contribution in [1.29, 1.82) is 0 Å². The number of carbonyl (C=O) groups is 1. The van der Waals surface area contributed by atoms with Gasteiger partial charge in [-0.05, 0) is 26.7 Å². The summed E-state index contributed by atoms with van der Waals surface area (Å²) in [5.74, 6) is -0.783. The van der Waals surface area contributed by atoms with Crippen molar-refractivity contribution in [3.05, 3.63) is 0 Å². The first-order valence-electron chi connectivity index (χ1n) is 6.68. The third-order valence-corrected chi connectivity index (χ3v) is 3.76. The van der Waals surface area contributed by atoms with Crippen LogP contribution in [0.5, 0.6) is 0 Å². The van der Waals surface area contributed by atoms with Crippen LogP contribution in [-0.4, -0.2) is 60.0 Å². The highest BCUT2D eigenvalue weighted by Gasteiger charge is 2.34. The second-order valence-corrected chi connectivity index (χ2v) is 5.84. The summed E-state index contributed by atoms with van der Waals surface area (Å²) in [6.45, 7) is 7.29. The molecule has 0 amide bonds. The Bertz CT molecular complexity index is 305. The van der Waals surface area contributed by atoms with Crippen molar-refractivity contribution in [3.63, 3.8) is 0 Å². The number of carboxylic acids is 1. The van der Waals surface area contributed by atoms with Gasteiger partial charge in [0.15, 0.2) is 0 Å². The van der Waals surface area contributed by atoms with Crippen LogP contribution in [0.3, 0.4) is 0 Å². The molecule has 2 rings (SSSR count). The molecular weight excluding hydrogens is 234 g/mol. The Kier molecular flexibility index (Phi) is 4.25. The van der Waals surface area contributed by atoms with Crippen molar-refractivity contribution in [2.75, 3.05) is 26.3 Å². The second-order valence-electron chi connectivity index (χ2n) is 5.84. The Labute approximate surface area is 108 Å². The SMILES string of the molecule is CC1(C)CC(N2CCOC(CC(=O)O)C2)CCO1. The van der Waals surface area contributed by atoms with Gasteiger partial charge in [0.25, 0.3) is 0 Å². The maximum Gasteiger partial charge on any atom is 0.306 e. The van der Waals surface area contributed by atoms with Gasteiger partial charge in [-0.3, -0.25) is 9.69 Å². The van der Waals surface area contributed by atoms with E-state index in [1.807, 2.05) is 0 Å². The quantitative estimate of drug-likeness (QED) is 0.821. The third-order valence-electron chi connectivity index (χ3n) is 3.76. The number of hydrogen-bond acceptors (Lipinski definition) is 4.